The lowest BCUT2D eigenvalue weighted by Gasteiger charge is -2.20. The average molecular weight is 341 g/mol. The summed E-state index contributed by atoms with van der Waals surface area (Å²) >= 11 is 1.67. The smallest absolute Gasteiger partial charge is 0.246 e. The number of rotatable bonds is 3. The van der Waals surface area contributed by atoms with Crippen molar-refractivity contribution in [2.24, 2.45) is 0 Å². The number of hydrogen-bond acceptors (Lipinski definition) is 4. The zero-order chi connectivity index (χ0) is 15.6. The van der Waals surface area contributed by atoms with Crippen LogP contribution in [0.3, 0.4) is 0 Å². The van der Waals surface area contributed by atoms with Gasteiger partial charge in [-0.15, -0.1) is 11.8 Å². The van der Waals surface area contributed by atoms with Crippen LogP contribution in [0, 0.1) is 5.82 Å². The van der Waals surface area contributed by atoms with Crippen LogP contribution in [0.25, 0.3) is 0 Å². The fraction of sp³-hybridized carbons (Fsp3) is 0.333. The molecule has 4 nitrogen and oxygen atoms in total. The lowest BCUT2D eigenvalue weighted by Crippen LogP contribution is -2.33. The van der Waals surface area contributed by atoms with Gasteiger partial charge in [0.1, 0.15) is 16.5 Å². The van der Waals surface area contributed by atoms with E-state index in [2.05, 4.69) is 0 Å². The predicted molar refractivity (Wildman–Crippen MR) is 83.7 cm³/mol. The van der Waals surface area contributed by atoms with Crippen LogP contribution in [0.2, 0.25) is 0 Å². The van der Waals surface area contributed by atoms with Gasteiger partial charge in [-0.1, -0.05) is 12.1 Å². The van der Waals surface area contributed by atoms with Crippen molar-refractivity contribution in [3.05, 3.63) is 54.2 Å². The highest BCUT2D eigenvalue weighted by Crippen LogP contribution is 2.35. The first-order valence-electron chi connectivity index (χ1n) is 6.99. The van der Waals surface area contributed by atoms with Gasteiger partial charge in [0.25, 0.3) is 0 Å². The molecule has 1 fully saturated rings. The number of benzene rings is 1. The first-order valence-corrected chi connectivity index (χ1v) is 9.47. The van der Waals surface area contributed by atoms with Crippen molar-refractivity contribution < 1.29 is 17.2 Å². The molecule has 0 radical (unpaired) electrons. The maximum absolute atomic E-state index is 13.8. The summed E-state index contributed by atoms with van der Waals surface area (Å²) in [5, 5.41) is 0.135. The fourth-order valence-electron chi connectivity index (χ4n) is 2.49. The van der Waals surface area contributed by atoms with Crippen molar-refractivity contribution >= 4 is 21.8 Å². The first kappa shape index (κ1) is 15.6. The quantitative estimate of drug-likeness (QED) is 0.860. The van der Waals surface area contributed by atoms with E-state index < -0.39 is 15.8 Å². The molecule has 1 aromatic carbocycles. The van der Waals surface area contributed by atoms with Crippen LogP contribution in [0.4, 0.5) is 4.39 Å². The molecule has 0 spiro atoms. The molecule has 1 saturated heterocycles. The van der Waals surface area contributed by atoms with Gasteiger partial charge in [0.05, 0.1) is 11.5 Å². The summed E-state index contributed by atoms with van der Waals surface area (Å²) < 4.78 is 45.8. The van der Waals surface area contributed by atoms with Gasteiger partial charge < -0.3 is 4.42 Å². The second-order valence-electron chi connectivity index (χ2n) is 5.00. The van der Waals surface area contributed by atoms with E-state index in [9.17, 15) is 12.8 Å². The SMILES string of the molecule is O=S(=O)(c1ccccc1F)N1CCS[C@@H](c2ccco2)CC1. The largest absolute Gasteiger partial charge is 0.468 e. The van der Waals surface area contributed by atoms with Gasteiger partial charge >= 0.3 is 0 Å². The number of nitrogens with zero attached hydrogens (tertiary/aromatic N) is 1. The molecular formula is C15H16FNO3S2. The molecule has 0 bridgehead atoms. The van der Waals surface area contributed by atoms with Crippen LogP contribution < -0.4 is 0 Å². The van der Waals surface area contributed by atoms with Gasteiger partial charge in [-0.25, -0.2) is 12.8 Å². The summed E-state index contributed by atoms with van der Waals surface area (Å²) in [6, 6.07) is 9.24. The number of hydrogen-bond donors (Lipinski definition) is 0. The summed E-state index contributed by atoms with van der Waals surface area (Å²) in [5.41, 5.74) is 0. The minimum Gasteiger partial charge on any atom is -0.468 e. The molecule has 1 aliphatic heterocycles. The zero-order valence-electron chi connectivity index (χ0n) is 11.8. The molecule has 0 aliphatic carbocycles. The topological polar surface area (TPSA) is 50.5 Å². The van der Waals surface area contributed by atoms with E-state index in [0.29, 0.717) is 25.3 Å². The van der Waals surface area contributed by atoms with E-state index in [1.54, 1.807) is 18.0 Å². The number of sulfonamides is 1. The molecule has 0 N–H and O–H groups in total. The van der Waals surface area contributed by atoms with E-state index >= 15 is 0 Å². The van der Waals surface area contributed by atoms with Crippen LogP contribution in [0.5, 0.6) is 0 Å². The maximum Gasteiger partial charge on any atom is 0.246 e. The molecule has 118 valence electrons. The molecule has 1 aliphatic rings. The van der Waals surface area contributed by atoms with Gasteiger partial charge in [0.2, 0.25) is 10.0 Å². The second-order valence-corrected chi connectivity index (χ2v) is 8.22. The first-order chi connectivity index (χ1) is 10.6. The molecule has 0 saturated carbocycles. The highest BCUT2D eigenvalue weighted by Gasteiger charge is 2.30. The molecule has 2 heterocycles. The summed E-state index contributed by atoms with van der Waals surface area (Å²) in [6.07, 6.45) is 2.26. The molecule has 1 aromatic heterocycles. The molecule has 3 rings (SSSR count). The van der Waals surface area contributed by atoms with E-state index in [1.165, 1.54) is 28.6 Å². The minimum atomic E-state index is -3.79. The lowest BCUT2D eigenvalue weighted by atomic mass is 10.2. The molecule has 22 heavy (non-hydrogen) atoms. The summed E-state index contributed by atoms with van der Waals surface area (Å²) in [6.45, 7) is 0.730. The molecule has 1 atom stereocenters. The van der Waals surface area contributed by atoms with Gasteiger partial charge in [-0.05, 0) is 30.7 Å². The van der Waals surface area contributed by atoms with Crippen molar-refractivity contribution in [3.63, 3.8) is 0 Å². The Labute approximate surface area is 133 Å². The minimum absolute atomic E-state index is 0.135. The van der Waals surface area contributed by atoms with E-state index in [1.807, 2.05) is 12.1 Å². The third-order valence-corrected chi connectivity index (χ3v) is 6.84. The average Bonchev–Trinajstić information content (AvgIpc) is 2.91. The van der Waals surface area contributed by atoms with Crippen molar-refractivity contribution in [2.45, 2.75) is 16.6 Å². The van der Waals surface area contributed by atoms with Gasteiger partial charge in [0, 0.05) is 18.8 Å². The number of furan rings is 1. The molecule has 0 unspecified atom stereocenters. The van der Waals surface area contributed by atoms with Crippen molar-refractivity contribution in [1.29, 1.82) is 0 Å². The Balaban J connectivity index is 1.80. The predicted octanol–water partition coefficient (Wildman–Crippen LogP) is 3.29. The maximum atomic E-state index is 13.8. The molecule has 7 heteroatoms. The summed E-state index contributed by atoms with van der Waals surface area (Å²) in [4.78, 5) is -0.253. The molecule has 2 aromatic rings. The van der Waals surface area contributed by atoms with Crippen molar-refractivity contribution in [3.8, 4) is 0 Å². The van der Waals surface area contributed by atoms with Gasteiger partial charge in [-0.3, -0.25) is 0 Å². The second kappa shape index (κ2) is 6.44. The standard InChI is InChI=1S/C15H16FNO3S2/c16-12-4-1-2-6-15(12)22(18,19)17-8-7-14(21-11-9-17)13-5-3-10-20-13/h1-6,10,14H,7-9,11H2/t14-/m1/s1. The monoisotopic (exact) mass is 341 g/mol. The van der Waals surface area contributed by atoms with E-state index in [4.69, 9.17) is 4.42 Å². The Hall–Kier alpha value is -1.31. The van der Waals surface area contributed by atoms with E-state index in [-0.39, 0.29) is 10.1 Å². The Bertz CT molecular complexity index is 731. The molecular weight excluding hydrogens is 325 g/mol. The Morgan fingerprint density at radius 1 is 1.18 bits per heavy atom. The van der Waals surface area contributed by atoms with Gasteiger partial charge in [-0.2, -0.15) is 4.31 Å². The Kier molecular flexibility index (Phi) is 4.56. The molecule has 0 amide bonds. The highest BCUT2D eigenvalue weighted by molar-refractivity contribution is 7.99. The number of thioether (sulfide) groups is 1. The number of halogens is 1. The third-order valence-electron chi connectivity index (χ3n) is 3.62. The van der Waals surface area contributed by atoms with E-state index in [0.717, 1.165) is 5.76 Å². The van der Waals surface area contributed by atoms with Crippen LogP contribution in [0.15, 0.2) is 52.0 Å². The highest BCUT2D eigenvalue weighted by atomic mass is 32.2. The van der Waals surface area contributed by atoms with Crippen LogP contribution >= 0.6 is 11.8 Å². The van der Waals surface area contributed by atoms with Crippen LogP contribution in [-0.2, 0) is 10.0 Å². The van der Waals surface area contributed by atoms with Gasteiger partial charge in [0.15, 0.2) is 0 Å². The third kappa shape index (κ3) is 3.06. The lowest BCUT2D eigenvalue weighted by molar-refractivity contribution is 0.414. The van der Waals surface area contributed by atoms with Crippen LogP contribution in [-0.4, -0.2) is 31.6 Å². The zero-order valence-corrected chi connectivity index (χ0v) is 13.4. The summed E-state index contributed by atoms with van der Waals surface area (Å²) in [7, 11) is -3.79. The normalized spacial score (nSPS) is 20.7. The summed E-state index contributed by atoms with van der Waals surface area (Å²) in [5.74, 6) is 0.802. The fourth-order valence-corrected chi connectivity index (χ4v) is 5.30. The van der Waals surface area contributed by atoms with Crippen molar-refractivity contribution in [2.75, 3.05) is 18.8 Å². The Morgan fingerprint density at radius 2 is 2.00 bits per heavy atom. The Morgan fingerprint density at radius 3 is 2.73 bits per heavy atom. The van der Waals surface area contributed by atoms with Crippen LogP contribution in [0.1, 0.15) is 17.4 Å². The van der Waals surface area contributed by atoms with Crippen molar-refractivity contribution in [1.82, 2.24) is 4.31 Å².